The van der Waals surface area contributed by atoms with E-state index in [1.54, 1.807) is 0 Å². The second-order valence-corrected chi connectivity index (χ2v) is 9.15. The topological polar surface area (TPSA) is 157 Å². The van der Waals surface area contributed by atoms with Gasteiger partial charge in [-0.05, 0) is 42.8 Å². The zero-order valence-corrected chi connectivity index (χ0v) is 24.0. The minimum Gasteiger partial charge on any atom is -0.475 e. The summed E-state index contributed by atoms with van der Waals surface area (Å²) >= 11 is 0. The number of anilines is 1. The number of carboxylic acid groups (broad SMARTS) is 3. The van der Waals surface area contributed by atoms with Crippen molar-refractivity contribution in [2.45, 2.75) is 45.1 Å². The van der Waals surface area contributed by atoms with Crippen LogP contribution in [0.2, 0.25) is 0 Å². The fourth-order valence-electron chi connectivity index (χ4n) is 3.38. The number of carboxylic acids is 3. The molecule has 3 N–H and O–H groups in total. The van der Waals surface area contributed by atoms with Gasteiger partial charge in [0.2, 0.25) is 0 Å². The highest BCUT2D eigenvalue weighted by Crippen LogP contribution is 2.26. The molecule has 11 nitrogen and oxygen atoms in total. The highest BCUT2D eigenvalue weighted by molar-refractivity contribution is 5.73. The molecule has 0 aliphatic carbocycles. The Labute approximate surface area is 259 Å². The van der Waals surface area contributed by atoms with Crippen molar-refractivity contribution in [3.05, 3.63) is 83.6 Å². The van der Waals surface area contributed by atoms with Gasteiger partial charge < -0.3 is 20.2 Å². The van der Waals surface area contributed by atoms with Crippen LogP contribution in [0.5, 0.6) is 0 Å². The molecule has 0 unspecified atom stereocenters. The monoisotopic (exact) mass is 687 g/mol. The summed E-state index contributed by atoms with van der Waals surface area (Å²) in [5, 5.41) is 21.4. The Morgan fingerprint density at radius 3 is 1.68 bits per heavy atom. The van der Waals surface area contributed by atoms with Gasteiger partial charge in [0.25, 0.3) is 0 Å². The third-order valence-electron chi connectivity index (χ3n) is 5.44. The highest BCUT2D eigenvalue weighted by atomic mass is 19.4. The molecule has 0 atom stereocenters. The van der Waals surface area contributed by atoms with Gasteiger partial charge in [0.05, 0.1) is 5.69 Å². The van der Waals surface area contributed by atoms with Crippen molar-refractivity contribution in [2.75, 3.05) is 18.0 Å². The maximum absolute atomic E-state index is 10.6. The van der Waals surface area contributed by atoms with Crippen molar-refractivity contribution < 1.29 is 69.2 Å². The molecule has 0 radical (unpaired) electrons. The van der Waals surface area contributed by atoms with Gasteiger partial charge in [-0.2, -0.15) is 39.5 Å². The van der Waals surface area contributed by atoms with Crippen molar-refractivity contribution in [3.8, 4) is 0 Å². The predicted molar refractivity (Wildman–Crippen MR) is 144 cm³/mol. The standard InChI is InChI=1S/C21H23N5.3C2HF3O2/c1-17-5-6-19-15-25(16-20-4-2-3-9-23-20)12-13-26(21(19)24-17)14-18-7-10-22-11-8-18;3*3-2(4,5)1(6)7/h2-11H,12-16H2,1H3;3*(H,6,7). The van der Waals surface area contributed by atoms with Gasteiger partial charge in [-0.1, -0.05) is 12.1 Å². The number of hydrogen-bond acceptors (Lipinski definition) is 8. The molecule has 20 heteroatoms. The van der Waals surface area contributed by atoms with E-state index in [0.717, 1.165) is 49.9 Å². The first kappa shape index (κ1) is 40.0. The lowest BCUT2D eigenvalue weighted by Gasteiger charge is -2.24. The maximum atomic E-state index is 10.6. The van der Waals surface area contributed by atoms with E-state index < -0.39 is 36.4 Å². The Bertz CT molecular complexity index is 1380. The lowest BCUT2D eigenvalue weighted by molar-refractivity contribution is -0.193. The van der Waals surface area contributed by atoms with Gasteiger partial charge in [-0.3, -0.25) is 14.9 Å². The summed E-state index contributed by atoms with van der Waals surface area (Å²) in [7, 11) is 0. The van der Waals surface area contributed by atoms with Crippen LogP contribution in [0.1, 0.15) is 22.5 Å². The normalized spacial score (nSPS) is 13.2. The number of alkyl halides is 9. The van der Waals surface area contributed by atoms with Gasteiger partial charge in [0.15, 0.2) is 0 Å². The second kappa shape index (κ2) is 17.6. The minimum absolute atomic E-state index is 0.851. The number of fused-ring (bicyclic) bond motifs is 1. The Morgan fingerprint density at radius 2 is 1.23 bits per heavy atom. The molecule has 258 valence electrons. The summed E-state index contributed by atoms with van der Waals surface area (Å²) in [6.45, 7) is 6.59. The first-order valence-corrected chi connectivity index (χ1v) is 12.7. The average Bonchev–Trinajstić information content (AvgIpc) is 3.12. The van der Waals surface area contributed by atoms with Crippen LogP contribution in [0.25, 0.3) is 0 Å². The van der Waals surface area contributed by atoms with Gasteiger partial charge in [-0.25, -0.2) is 19.4 Å². The number of nitrogens with zero attached hydrogens (tertiary/aromatic N) is 5. The molecule has 4 heterocycles. The number of pyridine rings is 3. The van der Waals surface area contributed by atoms with Crippen molar-refractivity contribution in [3.63, 3.8) is 0 Å². The van der Waals surface area contributed by atoms with Gasteiger partial charge in [0, 0.05) is 62.6 Å². The largest absolute Gasteiger partial charge is 0.490 e. The molecule has 0 bridgehead atoms. The molecule has 0 fully saturated rings. The summed E-state index contributed by atoms with van der Waals surface area (Å²) in [5.74, 6) is -7.17. The summed E-state index contributed by atoms with van der Waals surface area (Å²) in [4.78, 5) is 45.0. The quantitative estimate of drug-likeness (QED) is 0.314. The summed E-state index contributed by atoms with van der Waals surface area (Å²) in [5.41, 5.74) is 4.70. The first-order valence-electron chi connectivity index (χ1n) is 12.7. The predicted octanol–water partition coefficient (Wildman–Crippen LogP) is 5.10. The van der Waals surface area contributed by atoms with Crippen LogP contribution < -0.4 is 4.90 Å². The maximum Gasteiger partial charge on any atom is 0.490 e. The molecule has 0 saturated heterocycles. The summed E-state index contributed by atoms with van der Waals surface area (Å²) < 4.78 is 95.2. The lowest BCUT2D eigenvalue weighted by Crippen LogP contribution is -2.31. The van der Waals surface area contributed by atoms with Crippen LogP contribution in [-0.2, 0) is 34.0 Å². The molecule has 0 spiro atoms. The van der Waals surface area contributed by atoms with E-state index in [-0.39, 0.29) is 0 Å². The Hall–Kier alpha value is -5.01. The molecule has 0 aromatic carbocycles. The van der Waals surface area contributed by atoms with Crippen LogP contribution >= 0.6 is 0 Å². The van der Waals surface area contributed by atoms with E-state index in [2.05, 4.69) is 63.1 Å². The molecule has 0 saturated carbocycles. The average molecular weight is 688 g/mol. The fourth-order valence-corrected chi connectivity index (χ4v) is 3.38. The lowest BCUT2D eigenvalue weighted by atomic mass is 10.2. The molecule has 3 aromatic rings. The number of carbonyl (C=O) groups is 3. The number of aliphatic carboxylic acids is 3. The number of hydrogen-bond donors (Lipinski definition) is 3. The van der Waals surface area contributed by atoms with Crippen molar-refractivity contribution in [1.82, 2.24) is 19.9 Å². The van der Waals surface area contributed by atoms with Crippen LogP contribution in [0.3, 0.4) is 0 Å². The van der Waals surface area contributed by atoms with Gasteiger partial charge in [-0.15, -0.1) is 0 Å². The van der Waals surface area contributed by atoms with E-state index >= 15 is 0 Å². The molecule has 3 aromatic heterocycles. The number of aromatic nitrogens is 3. The molecule has 1 aliphatic heterocycles. The zero-order chi connectivity index (χ0) is 36.0. The molecular weight excluding hydrogens is 661 g/mol. The van der Waals surface area contributed by atoms with E-state index in [1.165, 1.54) is 11.1 Å². The third-order valence-corrected chi connectivity index (χ3v) is 5.44. The number of halogens is 9. The Balaban J connectivity index is 0.000000430. The fraction of sp³-hybridized carbons (Fsp3) is 0.333. The summed E-state index contributed by atoms with van der Waals surface area (Å²) in [6.07, 6.45) is -9.68. The van der Waals surface area contributed by atoms with Crippen LogP contribution in [0, 0.1) is 6.92 Å². The van der Waals surface area contributed by atoms with E-state index in [1.807, 2.05) is 24.7 Å². The SMILES string of the molecule is Cc1ccc2c(n1)N(Cc1ccncc1)CCN(Cc1ccccn1)C2.O=C(O)C(F)(F)F.O=C(O)C(F)(F)F.O=C(O)C(F)(F)F. The smallest absolute Gasteiger partial charge is 0.475 e. The minimum atomic E-state index is -5.08. The Morgan fingerprint density at radius 1 is 0.723 bits per heavy atom. The molecule has 47 heavy (non-hydrogen) atoms. The third kappa shape index (κ3) is 15.7. The van der Waals surface area contributed by atoms with Crippen LogP contribution in [0.4, 0.5) is 45.3 Å². The first-order chi connectivity index (χ1) is 21.6. The second-order valence-electron chi connectivity index (χ2n) is 9.15. The molecule has 1 aliphatic rings. The zero-order valence-electron chi connectivity index (χ0n) is 24.0. The van der Waals surface area contributed by atoms with E-state index in [0.29, 0.717) is 0 Å². The van der Waals surface area contributed by atoms with Crippen LogP contribution in [-0.4, -0.2) is 84.7 Å². The van der Waals surface area contributed by atoms with Gasteiger partial charge >= 0.3 is 36.4 Å². The highest BCUT2D eigenvalue weighted by Gasteiger charge is 2.39. The Kier molecular flexibility index (Phi) is 15.0. The van der Waals surface area contributed by atoms with E-state index in [9.17, 15) is 39.5 Å². The number of rotatable bonds is 4. The molecular formula is C27H26F9N5O6. The van der Waals surface area contributed by atoms with Gasteiger partial charge in [0.1, 0.15) is 5.82 Å². The van der Waals surface area contributed by atoms with Crippen molar-refractivity contribution in [1.29, 1.82) is 0 Å². The van der Waals surface area contributed by atoms with Crippen LogP contribution in [0.15, 0.2) is 61.1 Å². The molecule has 0 amide bonds. The number of aryl methyl sites for hydroxylation is 1. The van der Waals surface area contributed by atoms with Crippen molar-refractivity contribution >= 4 is 23.7 Å². The van der Waals surface area contributed by atoms with Crippen molar-refractivity contribution in [2.24, 2.45) is 0 Å². The summed E-state index contributed by atoms with van der Waals surface area (Å²) in [6, 6.07) is 14.6. The van der Waals surface area contributed by atoms with E-state index in [4.69, 9.17) is 34.7 Å². The molecule has 4 rings (SSSR count).